The third-order valence-corrected chi connectivity index (χ3v) is 5.21. The number of fused-ring (bicyclic) bond motifs is 1. The van der Waals surface area contributed by atoms with Gasteiger partial charge in [-0.3, -0.25) is 4.79 Å². The Hall–Kier alpha value is -2.35. The van der Waals surface area contributed by atoms with Crippen molar-refractivity contribution in [3.8, 4) is 5.75 Å². The Kier molecular flexibility index (Phi) is 5.61. The van der Waals surface area contributed by atoms with E-state index in [1.54, 1.807) is 31.4 Å². The van der Waals surface area contributed by atoms with Gasteiger partial charge in [0.05, 0.1) is 17.2 Å². The molecule has 1 aromatic carbocycles. The summed E-state index contributed by atoms with van der Waals surface area (Å²) in [4.78, 5) is 28.3. The second-order valence-electron chi connectivity index (χ2n) is 5.09. The number of rotatable bonds is 5. The summed E-state index contributed by atoms with van der Waals surface area (Å²) in [5.41, 5.74) is 0. The van der Waals surface area contributed by atoms with Gasteiger partial charge in [-0.2, -0.15) is 0 Å². The second kappa shape index (κ2) is 7.90. The van der Waals surface area contributed by atoms with Gasteiger partial charge in [-0.05, 0) is 30.3 Å². The van der Waals surface area contributed by atoms with Crippen molar-refractivity contribution in [2.24, 2.45) is 0 Å². The number of anilines is 1. The van der Waals surface area contributed by atoms with Gasteiger partial charge in [-0.15, -0.1) is 11.3 Å². The number of ether oxygens (including phenoxy) is 2. The Morgan fingerprint density at radius 3 is 2.73 bits per heavy atom. The first-order chi connectivity index (χ1) is 12.5. The van der Waals surface area contributed by atoms with E-state index in [1.807, 2.05) is 0 Å². The zero-order valence-electron chi connectivity index (χ0n) is 13.4. The third-order valence-electron chi connectivity index (χ3n) is 3.35. The van der Waals surface area contributed by atoms with Crippen LogP contribution in [0.15, 0.2) is 36.5 Å². The van der Waals surface area contributed by atoms with Crippen molar-refractivity contribution in [3.63, 3.8) is 0 Å². The zero-order chi connectivity index (χ0) is 18.7. The van der Waals surface area contributed by atoms with Crippen LogP contribution in [0, 0.1) is 0 Å². The van der Waals surface area contributed by atoms with E-state index in [-0.39, 0.29) is 9.90 Å². The van der Waals surface area contributed by atoms with Crippen molar-refractivity contribution in [1.82, 2.24) is 4.98 Å². The summed E-state index contributed by atoms with van der Waals surface area (Å²) in [6.07, 6.45) is 1.40. The molecule has 3 rings (SSSR count). The maximum absolute atomic E-state index is 12.3. The summed E-state index contributed by atoms with van der Waals surface area (Å²) < 4.78 is 11.0. The van der Waals surface area contributed by atoms with Crippen LogP contribution in [0.25, 0.3) is 10.1 Å². The number of amides is 1. The van der Waals surface area contributed by atoms with Crippen molar-refractivity contribution >= 4 is 62.3 Å². The lowest BCUT2D eigenvalue weighted by Gasteiger charge is -2.05. The van der Waals surface area contributed by atoms with E-state index in [9.17, 15) is 9.59 Å². The topological polar surface area (TPSA) is 77.5 Å². The number of nitrogens with one attached hydrogen (secondary N) is 1. The molecule has 0 atom stereocenters. The van der Waals surface area contributed by atoms with Gasteiger partial charge in [0.15, 0.2) is 6.61 Å². The highest BCUT2D eigenvalue weighted by Crippen LogP contribution is 2.37. The average molecular weight is 411 g/mol. The lowest BCUT2D eigenvalue weighted by atomic mass is 10.2. The van der Waals surface area contributed by atoms with Gasteiger partial charge in [0.1, 0.15) is 16.4 Å². The number of halogens is 2. The smallest absolute Gasteiger partial charge is 0.350 e. The summed E-state index contributed by atoms with van der Waals surface area (Å²) in [7, 11) is 1.56. The lowest BCUT2D eigenvalue weighted by molar-refractivity contribution is -0.119. The molecule has 6 nitrogen and oxygen atoms in total. The van der Waals surface area contributed by atoms with Gasteiger partial charge in [0, 0.05) is 16.3 Å². The average Bonchev–Trinajstić information content (AvgIpc) is 2.97. The number of aromatic nitrogens is 1. The lowest BCUT2D eigenvalue weighted by Crippen LogP contribution is -2.21. The molecule has 0 aliphatic rings. The van der Waals surface area contributed by atoms with E-state index in [4.69, 9.17) is 32.7 Å². The minimum Gasteiger partial charge on any atom is -0.497 e. The van der Waals surface area contributed by atoms with Crippen LogP contribution in [0.5, 0.6) is 5.75 Å². The second-order valence-corrected chi connectivity index (χ2v) is 6.96. The number of hydrogen-bond acceptors (Lipinski definition) is 6. The molecule has 134 valence electrons. The van der Waals surface area contributed by atoms with Crippen molar-refractivity contribution in [3.05, 3.63) is 51.5 Å². The molecule has 9 heteroatoms. The third kappa shape index (κ3) is 4.07. The summed E-state index contributed by atoms with van der Waals surface area (Å²) >= 11 is 13.1. The summed E-state index contributed by atoms with van der Waals surface area (Å²) in [6, 6.07) is 8.42. The molecule has 0 fully saturated rings. The molecule has 0 bridgehead atoms. The minimum absolute atomic E-state index is 0.229. The monoisotopic (exact) mass is 410 g/mol. The first kappa shape index (κ1) is 18.4. The molecule has 0 spiro atoms. The van der Waals surface area contributed by atoms with Crippen LogP contribution in [-0.4, -0.2) is 30.6 Å². The Morgan fingerprint density at radius 2 is 2.04 bits per heavy atom. The molecule has 1 amide bonds. The number of carbonyl (C=O) groups is 2. The fourth-order valence-electron chi connectivity index (χ4n) is 2.13. The molecule has 2 heterocycles. The molecule has 0 radical (unpaired) electrons. The van der Waals surface area contributed by atoms with Crippen LogP contribution in [0.2, 0.25) is 10.0 Å². The Labute approximate surface area is 162 Å². The van der Waals surface area contributed by atoms with E-state index in [0.717, 1.165) is 10.1 Å². The number of esters is 1. The molecule has 0 unspecified atom stereocenters. The molecule has 0 aliphatic heterocycles. The van der Waals surface area contributed by atoms with Crippen LogP contribution in [0.3, 0.4) is 0 Å². The standard InChI is InChI=1S/C17H12Cl2N2O4S/c1-24-10-3-4-11-12(6-10)26-16(15(11)19)17(23)25-8-14(22)21-13-5-2-9(18)7-20-13/h2-7H,8H2,1H3,(H,20,21,22). The minimum atomic E-state index is -0.672. The van der Waals surface area contributed by atoms with Crippen molar-refractivity contribution < 1.29 is 19.1 Å². The number of hydrogen-bond donors (Lipinski definition) is 1. The number of methoxy groups -OCH3 is 1. The van der Waals surface area contributed by atoms with Gasteiger partial charge in [0.2, 0.25) is 0 Å². The fraction of sp³-hybridized carbons (Fsp3) is 0.118. The SMILES string of the molecule is COc1ccc2c(Cl)c(C(=O)OCC(=O)Nc3ccc(Cl)cn3)sc2c1. The first-order valence-corrected chi connectivity index (χ1v) is 8.89. The number of nitrogens with zero attached hydrogens (tertiary/aromatic N) is 1. The highest BCUT2D eigenvalue weighted by atomic mass is 35.5. The molecular weight excluding hydrogens is 399 g/mol. The van der Waals surface area contributed by atoms with Crippen LogP contribution in [-0.2, 0) is 9.53 Å². The molecule has 2 aromatic heterocycles. The van der Waals surface area contributed by atoms with Crippen molar-refractivity contribution in [1.29, 1.82) is 0 Å². The van der Waals surface area contributed by atoms with Crippen molar-refractivity contribution in [2.45, 2.75) is 0 Å². The predicted octanol–water partition coefficient (Wildman–Crippen LogP) is 4.41. The summed E-state index contributed by atoms with van der Waals surface area (Å²) in [5.74, 6) is -0.228. The van der Waals surface area contributed by atoms with E-state index in [2.05, 4.69) is 10.3 Å². The van der Waals surface area contributed by atoms with Crippen LogP contribution >= 0.6 is 34.5 Å². The number of benzene rings is 1. The molecule has 26 heavy (non-hydrogen) atoms. The molecule has 0 saturated heterocycles. The van der Waals surface area contributed by atoms with Gasteiger partial charge in [-0.1, -0.05) is 23.2 Å². The van der Waals surface area contributed by atoms with E-state index < -0.39 is 18.5 Å². The van der Waals surface area contributed by atoms with E-state index >= 15 is 0 Å². The highest BCUT2D eigenvalue weighted by molar-refractivity contribution is 7.21. The molecule has 1 N–H and O–H groups in total. The Morgan fingerprint density at radius 1 is 1.23 bits per heavy atom. The molecule has 3 aromatic rings. The number of thiophene rings is 1. The summed E-state index contributed by atoms with van der Waals surface area (Å²) in [6.45, 7) is -0.461. The van der Waals surface area contributed by atoms with Gasteiger partial charge >= 0.3 is 5.97 Å². The Bertz CT molecular complexity index is 973. The highest BCUT2D eigenvalue weighted by Gasteiger charge is 2.20. The quantitative estimate of drug-likeness (QED) is 0.630. The number of pyridine rings is 1. The van der Waals surface area contributed by atoms with Crippen molar-refractivity contribution in [2.75, 3.05) is 19.0 Å². The van der Waals surface area contributed by atoms with Gasteiger partial charge in [0.25, 0.3) is 5.91 Å². The van der Waals surface area contributed by atoms with E-state index in [0.29, 0.717) is 16.6 Å². The first-order valence-electron chi connectivity index (χ1n) is 7.32. The molecular formula is C17H12Cl2N2O4S. The Balaban J connectivity index is 1.66. The van der Waals surface area contributed by atoms with Gasteiger partial charge in [-0.25, -0.2) is 9.78 Å². The van der Waals surface area contributed by atoms with Gasteiger partial charge < -0.3 is 14.8 Å². The number of carbonyl (C=O) groups excluding carboxylic acids is 2. The molecule has 0 saturated carbocycles. The van der Waals surface area contributed by atoms with Crippen LogP contribution in [0.1, 0.15) is 9.67 Å². The normalized spacial score (nSPS) is 10.6. The van der Waals surface area contributed by atoms with Crippen LogP contribution < -0.4 is 10.1 Å². The zero-order valence-corrected chi connectivity index (χ0v) is 15.7. The summed E-state index contributed by atoms with van der Waals surface area (Å²) in [5, 5.41) is 3.96. The molecule has 0 aliphatic carbocycles. The largest absolute Gasteiger partial charge is 0.497 e. The van der Waals surface area contributed by atoms with Crippen LogP contribution in [0.4, 0.5) is 5.82 Å². The maximum atomic E-state index is 12.3. The predicted molar refractivity (Wildman–Crippen MR) is 102 cm³/mol. The maximum Gasteiger partial charge on any atom is 0.350 e. The van der Waals surface area contributed by atoms with E-state index in [1.165, 1.54) is 23.6 Å². The fourth-order valence-corrected chi connectivity index (χ4v) is 3.67.